The van der Waals surface area contributed by atoms with E-state index >= 15 is 0 Å². The fourth-order valence-corrected chi connectivity index (χ4v) is 6.51. The number of hydrogen-bond donors (Lipinski definition) is 4. The zero-order valence-electron chi connectivity index (χ0n) is 20.2. The summed E-state index contributed by atoms with van der Waals surface area (Å²) in [6, 6.07) is 2.41. The van der Waals surface area contributed by atoms with Crippen LogP contribution in [0, 0.1) is 28.6 Å². The Hall–Kier alpha value is -3.99. The molecule has 3 aliphatic carbocycles. The Bertz CT molecular complexity index is 1370. The number of nitriles is 1. The van der Waals surface area contributed by atoms with Gasteiger partial charge in [-0.2, -0.15) is 5.26 Å². The molecular weight excluding hydrogens is 486 g/mol. The van der Waals surface area contributed by atoms with Gasteiger partial charge in [0.05, 0.1) is 35.9 Å². The number of benzene rings is 1. The highest BCUT2D eigenvalue weighted by Gasteiger charge is 2.78. The smallest absolute Gasteiger partial charge is 0.338 e. The molecule has 13 nitrogen and oxygen atoms in total. The molecule has 1 aromatic rings. The summed E-state index contributed by atoms with van der Waals surface area (Å²) < 4.78 is 4.77. The van der Waals surface area contributed by atoms with Gasteiger partial charge in [0.25, 0.3) is 0 Å². The van der Waals surface area contributed by atoms with Gasteiger partial charge >= 0.3 is 5.97 Å². The molecule has 4 rings (SSSR count). The van der Waals surface area contributed by atoms with E-state index in [0.29, 0.717) is 0 Å². The van der Waals surface area contributed by atoms with Gasteiger partial charge in [-0.25, -0.2) is 4.79 Å². The molecule has 0 bridgehead atoms. The number of phenolic OH excluding ortho intramolecular Hbond substituents is 1. The average molecular weight is 511 g/mol. The third kappa shape index (κ3) is 3.00. The van der Waals surface area contributed by atoms with E-state index in [2.05, 4.69) is 0 Å². The van der Waals surface area contributed by atoms with Crippen molar-refractivity contribution in [1.29, 1.82) is 5.26 Å². The first kappa shape index (κ1) is 26.1. The molecule has 2 saturated carbocycles. The van der Waals surface area contributed by atoms with E-state index in [1.165, 1.54) is 25.1 Å². The average Bonchev–Trinajstić information content (AvgIpc) is 2.77. The maximum atomic E-state index is 14.1. The number of ketones is 4. The second kappa shape index (κ2) is 8.01. The van der Waals surface area contributed by atoms with Gasteiger partial charge in [-0.15, -0.1) is 0 Å². The highest BCUT2D eigenvalue weighted by molar-refractivity contribution is 6.33. The van der Waals surface area contributed by atoms with Crippen LogP contribution >= 0.6 is 0 Å². The van der Waals surface area contributed by atoms with E-state index < -0.39 is 81.6 Å². The molecule has 1 amide bonds. The van der Waals surface area contributed by atoms with Crippen LogP contribution in [-0.2, 0) is 30.3 Å². The van der Waals surface area contributed by atoms with Gasteiger partial charge in [-0.1, -0.05) is 0 Å². The zero-order valence-corrected chi connectivity index (χ0v) is 20.2. The van der Waals surface area contributed by atoms with E-state index in [4.69, 9.17) is 21.9 Å². The lowest BCUT2D eigenvalue weighted by atomic mass is 9.42. The second-order valence-electron chi connectivity index (χ2n) is 10.1. The number of Topliss-reactive ketones (excluding diaryl/α,β-unsaturated/α-hetero) is 4. The van der Waals surface area contributed by atoms with Gasteiger partial charge in [0.15, 0.2) is 34.5 Å². The lowest BCUT2D eigenvalue weighted by Crippen LogP contribution is -2.85. The highest BCUT2D eigenvalue weighted by atomic mass is 16.5. The number of aromatic hydroxyl groups is 1. The Morgan fingerprint density at radius 1 is 1.16 bits per heavy atom. The number of methoxy groups -OCH3 is 1. The molecule has 0 spiro atoms. The van der Waals surface area contributed by atoms with Gasteiger partial charge < -0.3 is 27.0 Å². The van der Waals surface area contributed by atoms with Crippen molar-refractivity contribution < 1.29 is 38.6 Å². The SMILES string of the molecule is COC(=O)c1ccc(O)c2c1C[C@@]1(N)C[C@@]3(N)[C@H](N(C)C)C(=O)C(C(N)=O)C(=O)[C@@]3(C#N)C(=O)C1C2=O. The Morgan fingerprint density at radius 3 is 2.30 bits per heavy atom. The number of rotatable bonds is 3. The molecule has 0 aliphatic heterocycles. The van der Waals surface area contributed by atoms with Crippen molar-refractivity contribution in [2.45, 2.75) is 30.0 Å². The molecule has 13 heteroatoms. The van der Waals surface area contributed by atoms with Crippen molar-refractivity contribution in [2.75, 3.05) is 21.2 Å². The number of amides is 1. The molecule has 1 aromatic carbocycles. The number of hydrogen-bond acceptors (Lipinski definition) is 12. The highest BCUT2D eigenvalue weighted by Crippen LogP contribution is 2.56. The standard InChI is InChI=1S/C24H25N5O8/c1-29(2)17-16(32)13(20(26)35)18(33)23(8-25)19(34)14-15(31)12-10(6-22(14,27)7-24(17,23)28)9(21(36)37-3)4-5-11(12)30/h4-5,13-14,17,30H,6-7,27-28H2,1-3H3,(H2,26,35)/t13?,14?,17-,22-,23+,24-/m1/s1. The number of esters is 1. The predicted molar refractivity (Wildman–Crippen MR) is 123 cm³/mol. The quantitative estimate of drug-likeness (QED) is 0.245. The van der Waals surface area contributed by atoms with Crippen molar-refractivity contribution >= 4 is 35.0 Å². The number of carbonyl (C=O) groups is 6. The maximum absolute atomic E-state index is 14.1. The molecular formula is C24H25N5O8. The Labute approximate surface area is 210 Å². The molecule has 6 atom stereocenters. The van der Waals surface area contributed by atoms with Crippen LogP contribution in [-0.4, -0.2) is 83.3 Å². The summed E-state index contributed by atoms with van der Waals surface area (Å²) >= 11 is 0. The Balaban J connectivity index is 2.04. The van der Waals surface area contributed by atoms with Crippen LogP contribution in [0.1, 0.15) is 32.7 Å². The molecule has 37 heavy (non-hydrogen) atoms. The van der Waals surface area contributed by atoms with E-state index in [9.17, 15) is 39.1 Å². The van der Waals surface area contributed by atoms with Gasteiger partial charge in [-0.3, -0.25) is 28.9 Å². The number of carbonyl (C=O) groups excluding carboxylic acids is 6. The van der Waals surface area contributed by atoms with Crippen LogP contribution in [0.2, 0.25) is 0 Å². The predicted octanol–water partition coefficient (Wildman–Crippen LogP) is -2.40. The van der Waals surface area contributed by atoms with E-state index in [0.717, 1.165) is 13.2 Å². The summed E-state index contributed by atoms with van der Waals surface area (Å²) in [5.41, 5.74) is 11.3. The van der Waals surface area contributed by atoms with Crippen LogP contribution in [0.15, 0.2) is 12.1 Å². The minimum Gasteiger partial charge on any atom is -0.507 e. The third-order valence-electron chi connectivity index (χ3n) is 7.88. The molecule has 3 aliphatic rings. The summed E-state index contributed by atoms with van der Waals surface area (Å²) in [5, 5.41) is 20.8. The number of nitrogens with two attached hydrogens (primary N) is 3. The fourth-order valence-electron chi connectivity index (χ4n) is 6.51. The maximum Gasteiger partial charge on any atom is 0.338 e. The van der Waals surface area contributed by atoms with Gasteiger partial charge in [-0.05, 0) is 44.6 Å². The van der Waals surface area contributed by atoms with Crippen LogP contribution in [0.25, 0.3) is 0 Å². The second-order valence-corrected chi connectivity index (χ2v) is 10.1. The van der Waals surface area contributed by atoms with Crippen molar-refractivity contribution in [2.24, 2.45) is 34.5 Å². The lowest BCUT2D eigenvalue weighted by Gasteiger charge is -2.60. The Morgan fingerprint density at radius 2 is 1.78 bits per heavy atom. The molecule has 0 aromatic heterocycles. The van der Waals surface area contributed by atoms with Crippen molar-refractivity contribution in [1.82, 2.24) is 4.90 Å². The number of phenols is 1. The molecule has 0 saturated heterocycles. The first-order valence-corrected chi connectivity index (χ1v) is 11.2. The summed E-state index contributed by atoms with van der Waals surface area (Å²) in [6.07, 6.45) is -0.928. The van der Waals surface area contributed by atoms with E-state index in [-0.39, 0.29) is 23.1 Å². The molecule has 7 N–H and O–H groups in total. The van der Waals surface area contributed by atoms with Crippen LogP contribution in [0.4, 0.5) is 0 Å². The van der Waals surface area contributed by atoms with Crippen molar-refractivity contribution in [3.8, 4) is 11.8 Å². The minimum atomic E-state index is -2.83. The molecule has 2 fully saturated rings. The monoisotopic (exact) mass is 511 g/mol. The fraction of sp³-hybridized carbons (Fsp3) is 0.458. The van der Waals surface area contributed by atoms with Crippen LogP contribution < -0.4 is 17.2 Å². The van der Waals surface area contributed by atoms with Crippen LogP contribution in [0.5, 0.6) is 5.75 Å². The largest absolute Gasteiger partial charge is 0.507 e. The van der Waals surface area contributed by atoms with E-state index in [1.807, 2.05) is 0 Å². The first-order chi connectivity index (χ1) is 17.1. The summed E-state index contributed by atoms with van der Waals surface area (Å²) in [5.74, 6) is -11.5. The number of likely N-dealkylation sites (N-methyl/N-ethyl adjacent to an activating group) is 1. The summed E-state index contributed by atoms with van der Waals surface area (Å²) in [6.45, 7) is 0. The molecule has 0 radical (unpaired) electrons. The van der Waals surface area contributed by atoms with Crippen molar-refractivity contribution in [3.05, 3.63) is 28.8 Å². The topological polar surface area (TPSA) is 237 Å². The molecule has 0 heterocycles. The Kier molecular flexibility index (Phi) is 5.64. The number of nitrogens with zero attached hydrogens (tertiary/aromatic N) is 2. The lowest BCUT2D eigenvalue weighted by molar-refractivity contribution is -0.166. The molecule has 194 valence electrons. The van der Waals surface area contributed by atoms with Gasteiger partial charge in [0, 0.05) is 5.54 Å². The van der Waals surface area contributed by atoms with Crippen LogP contribution in [0.3, 0.4) is 0 Å². The zero-order chi connectivity index (χ0) is 27.8. The summed E-state index contributed by atoms with van der Waals surface area (Å²) in [4.78, 5) is 80.7. The van der Waals surface area contributed by atoms with Gasteiger partial charge in [0.2, 0.25) is 5.91 Å². The first-order valence-electron chi connectivity index (χ1n) is 11.2. The minimum absolute atomic E-state index is 0.00124. The number of primary amides is 1. The van der Waals surface area contributed by atoms with Gasteiger partial charge in [0.1, 0.15) is 11.7 Å². The third-order valence-corrected chi connectivity index (χ3v) is 7.88. The van der Waals surface area contributed by atoms with E-state index in [1.54, 1.807) is 6.07 Å². The molecule has 2 unspecified atom stereocenters. The normalized spacial score (nSPS) is 34.8. The van der Waals surface area contributed by atoms with Crippen molar-refractivity contribution in [3.63, 3.8) is 0 Å². The number of fused-ring (bicyclic) bond motifs is 3. The number of ether oxygens (including phenoxy) is 1. The summed E-state index contributed by atoms with van der Waals surface area (Å²) in [7, 11) is 3.92.